The average Bonchev–Trinajstić information content (AvgIpc) is 3.34. The van der Waals surface area contributed by atoms with Crippen LogP contribution in [0.1, 0.15) is 42.0 Å². The number of halogens is 1. The second kappa shape index (κ2) is 11.0. The van der Waals surface area contributed by atoms with Crippen molar-refractivity contribution in [2.24, 2.45) is 12.0 Å². The molecule has 0 aliphatic carbocycles. The quantitative estimate of drug-likeness (QED) is 0.368. The number of aliphatic imine (C=N–C) groups is 1. The molecule has 1 aliphatic rings. The summed E-state index contributed by atoms with van der Waals surface area (Å²) in [6, 6.07) is 9.28. The van der Waals surface area contributed by atoms with E-state index in [0.717, 1.165) is 38.4 Å². The second-order valence-electron chi connectivity index (χ2n) is 7.88. The average molecular weight is 510 g/mol. The van der Waals surface area contributed by atoms with Crippen LogP contribution in [0.25, 0.3) is 0 Å². The van der Waals surface area contributed by atoms with Crippen molar-refractivity contribution in [2.45, 2.75) is 31.7 Å². The van der Waals surface area contributed by atoms with E-state index in [1.165, 1.54) is 16.7 Å². The molecule has 1 saturated heterocycles. The number of hydrogen-bond acceptors (Lipinski definition) is 3. The van der Waals surface area contributed by atoms with Crippen molar-refractivity contribution in [3.8, 4) is 0 Å². The first-order valence-corrected chi connectivity index (χ1v) is 10.2. The van der Waals surface area contributed by atoms with Crippen LogP contribution in [0, 0.1) is 0 Å². The van der Waals surface area contributed by atoms with E-state index in [0.29, 0.717) is 12.0 Å². The monoisotopic (exact) mass is 510 g/mol. The molecular weight excluding hydrogens is 475 g/mol. The topological polar surface area (TPSA) is 48.7 Å². The SMILES string of the molecule is CCc1ccc(C(CNC(=NC)N2CCC(c3cnn(C)c3)C2)N(C)C)cc1.I. The molecule has 1 aliphatic heterocycles. The van der Waals surface area contributed by atoms with Gasteiger partial charge in [-0.3, -0.25) is 9.67 Å². The molecule has 0 amide bonds. The van der Waals surface area contributed by atoms with E-state index in [1.54, 1.807) is 0 Å². The Morgan fingerprint density at radius 3 is 2.59 bits per heavy atom. The maximum absolute atomic E-state index is 4.55. The van der Waals surface area contributed by atoms with Crippen molar-refractivity contribution in [3.05, 3.63) is 53.3 Å². The van der Waals surface area contributed by atoms with Crippen LogP contribution >= 0.6 is 24.0 Å². The third kappa shape index (κ3) is 5.94. The third-order valence-electron chi connectivity index (χ3n) is 5.75. The molecule has 2 unspecified atom stereocenters. The number of aromatic nitrogens is 2. The van der Waals surface area contributed by atoms with Gasteiger partial charge in [-0.25, -0.2) is 0 Å². The zero-order chi connectivity index (χ0) is 20.1. The van der Waals surface area contributed by atoms with Crippen LogP contribution < -0.4 is 5.32 Å². The van der Waals surface area contributed by atoms with Crippen LogP contribution in [0.5, 0.6) is 0 Å². The summed E-state index contributed by atoms with van der Waals surface area (Å²) in [6.45, 7) is 5.04. The minimum Gasteiger partial charge on any atom is -0.354 e. The summed E-state index contributed by atoms with van der Waals surface area (Å²) in [5, 5.41) is 7.93. The normalized spacial score (nSPS) is 18.1. The van der Waals surface area contributed by atoms with Gasteiger partial charge >= 0.3 is 0 Å². The van der Waals surface area contributed by atoms with E-state index in [4.69, 9.17) is 0 Å². The molecule has 160 valence electrons. The number of nitrogens with one attached hydrogen (secondary N) is 1. The molecule has 2 aromatic rings. The van der Waals surface area contributed by atoms with Crippen LogP contribution in [-0.4, -0.2) is 66.3 Å². The Bertz CT molecular complexity index is 783. The van der Waals surface area contributed by atoms with Gasteiger partial charge in [0.2, 0.25) is 0 Å². The summed E-state index contributed by atoms with van der Waals surface area (Å²) >= 11 is 0. The van der Waals surface area contributed by atoms with Gasteiger partial charge in [0, 0.05) is 45.8 Å². The zero-order valence-corrected chi connectivity index (χ0v) is 20.6. The van der Waals surface area contributed by atoms with Crippen LogP contribution in [0.2, 0.25) is 0 Å². The van der Waals surface area contributed by atoms with E-state index < -0.39 is 0 Å². The van der Waals surface area contributed by atoms with Gasteiger partial charge in [-0.05, 0) is 43.6 Å². The van der Waals surface area contributed by atoms with Crippen molar-refractivity contribution in [1.82, 2.24) is 24.9 Å². The number of nitrogens with zero attached hydrogens (tertiary/aromatic N) is 5. The molecule has 7 heteroatoms. The van der Waals surface area contributed by atoms with Crippen LogP contribution in [0.15, 0.2) is 41.7 Å². The lowest BCUT2D eigenvalue weighted by molar-refractivity contribution is 0.295. The molecule has 2 heterocycles. The Balaban J connectivity index is 0.00000300. The molecule has 2 atom stereocenters. The smallest absolute Gasteiger partial charge is 0.193 e. The van der Waals surface area contributed by atoms with Gasteiger partial charge in [-0.15, -0.1) is 24.0 Å². The lowest BCUT2D eigenvalue weighted by Gasteiger charge is -2.28. The highest BCUT2D eigenvalue weighted by Crippen LogP contribution is 2.27. The van der Waals surface area contributed by atoms with Crippen LogP contribution in [0.3, 0.4) is 0 Å². The number of guanidine groups is 1. The zero-order valence-electron chi connectivity index (χ0n) is 18.3. The number of aryl methyl sites for hydroxylation is 2. The third-order valence-corrected chi connectivity index (χ3v) is 5.75. The van der Waals surface area contributed by atoms with Gasteiger partial charge in [0.05, 0.1) is 12.2 Å². The largest absolute Gasteiger partial charge is 0.354 e. The lowest BCUT2D eigenvalue weighted by atomic mass is 10.0. The highest BCUT2D eigenvalue weighted by molar-refractivity contribution is 14.0. The Hall–Kier alpha value is -1.61. The predicted molar refractivity (Wildman–Crippen MR) is 131 cm³/mol. The van der Waals surface area contributed by atoms with Gasteiger partial charge < -0.3 is 15.1 Å². The van der Waals surface area contributed by atoms with E-state index in [9.17, 15) is 0 Å². The van der Waals surface area contributed by atoms with Gasteiger partial charge in [0.15, 0.2) is 5.96 Å². The Kier molecular flexibility index (Phi) is 8.95. The first-order chi connectivity index (χ1) is 13.5. The van der Waals surface area contributed by atoms with Gasteiger partial charge in [-0.2, -0.15) is 5.10 Å². The minimum atomic E-state index is 0. The van der Waals surface area contributed by atoms with Gasteiger partial charge in [0.25, 0.3) is 0 Å². The fourth-order valence-corrected chi connectivity index (χ4v) is 3.97. The molecule has 1 aromatic heterocycles. The van der Waals surface area contributed by atoms with E-state index in [1.807, 2.05) is 25.0 Å². The van der Waals surface area contributed by atoms with Crippen LogP contribution in [0.4, 0.5) is 0 Å². The minimum absolute atomic E-state index is 0. The Labute approximate surface area is 192 Å². The van der Waals surface area contributed by atoms with Gasteiger partial charge in [-0.1, -0.05) is 31.2 Å². The highest BCUT2D eigenvalue weighted by Gasteiger charge is 2.27. The molecule has 1 N–H and O–H groups in total. The molecule has 0 radical (unpaired) electrons. The number of rotatable bonds is 6. The molecule has 0 saturated carbocycles. The molecule has 1 fully saturated rings. The van der Waals surface area contributed by atoms with Crippen molar-refractivity contribution in [2.75, 3.05) is 40.8 Å². The Morgan fingerprint density at radius 1 is 1.31 bits per heavy atom. The van der Waals surface area contributed by atoms with Crippen molar-refractivity contribution >= 4 is 29.9 Å². The maximum Gasteiger partial charge on any atom is 0.193 e. The first-order valence-electron chi connectivity index (χ1n) is 10.2. The Morgan fingerprint density at radius 2 is 2.03 bits per heavy atom. The standard InChI is InChI=1S/C22H34N6.HI/c1-6-17-7-9-18(10-8-17)21(26(3)4)14-24-22(23-2)28-12-11-19(16-28)20-13-25-27(5)15-20;/h7-10,13,15,19,21H,6,11-12,14,16H2,1-5H3,(H,23,24);1H. The van der Waals surface area contributed by atoms with E-state index >= 15 is 0 Å². The van der Waals surface area contributed by atoms with Gasteiger partial charge in [0.1, 0.15) is 0 Å². The fraction of sp³-hybridized carbons (Fsp3) is 0.545. The number of likely N-dealkylation sites (tertiary alicyclic amines) is 1. The lowest BCUT2D eigenvalue weighted by Crippen LogP contribution is -2.43. The molecule has 29 heavy (non-hydrogen) atoms. The number of benzene rings is 1. The number of hydrogen-bond donors (Lipinski definition) is 1. The van der Waals surface area contributed by atoms with E-state index in [2.05, 4.69) is 76.7 Å². The van der Waals surface area contributed by atoms with Crippen molar-refractivity contribution in [3.63, 3.8) is 0 Å². The highest BCUT2D eigenvalue weighted by atomic mass is 127. The summed E-state index contributed by atoms with van der Waals surface area (Å²) in [6.07, 6.45) is 6.34. The molecule has 6 nitrogen and oxygen atoms in total. The summed E-state index contributed by atoms with van der Waals surface area (Å²) in [5.41, 5.74) is 4.03. The molecule has 0 bridgehead atoms. The maximum atomic E-state index is 4.55. The molecular formula is C22H35IN6. The first kappa shape index (κ1) is 23.7. The summed E-state index contributed by atoms with van der Waals surface area (Å²) in [5.74, 6) is 1.52. The summed E-state index contributed by atoms with van der Waals surface area (Å²) in [4.78, 5) is 9.18. The van der Waals surface area contributed by atoms with Crippen molar-refractivity contribution < 1.29 is 0 Å². The number of likely N-dealkylation sites (N-methyl/N-ethyl adjacent to an activating group) is 1. The van der Waals surface area contributed by atoms with E-state index in [-0.39, 0.29) is 24.0 Å². The molecule has 3 rings (SSSR count). The van der Waals surface area contributed by atoms with Crippen molar-refractivity contribution in [1.29, 1.82) is 0 Å². The summed E-state index contributed by atoms with van der Waals surface area (Å²) in [7, 11) is 8.12. The predicted octanol–water partition coefficient (Wildman–Crippen LogP) is 3.27. The second-order valence-corrected chi connectivity index (χ2v) is 7.88. The summed E-state index contributed by atoms with van der Waals surface area (Å²) < 4.78 is 1.89. The molecule has 0 spiro atoms. The molecule has 1 aromatic carbocycles. The fourth-order valence-electron chi connectivity index (χ4n) is 3.97. The van der Waals surface area contributed by atoms with Crippen LogP contribution in [-0.2, 0) is 13.5 Å².